The zero-order valence-electron chi connectivity index (χ0n) is 11.4. The van der Waals surface area contributed by atoms with Crippen molar-refractivity contribution in [2.75, 3.05) is 38.7 Å². The molecule has 0 aromatic rings. The Bertz CT molecular complexity index is 287. The summed E-state index contributed by atoms with van der Waals surface area (Å²) in [4.78, 5) is 4.68. The second-order valence-electron chi connectivity index (χ2n) is 5.07. The van der Waals surface area contributed by atoms with Crippen LogP contribution in [0.2, 0.25) is 0 Å². The Balaban J connectivity index is 1.76. The van der Waals surface area contributed by atoms with E-state index in [1.807, 2.05) is 11.8 Å². The normalized spacial score (nSPS) is 27.7. The van der Waals surface area contributed by atoms with Gasteiger partial charge in [0.2, 0.25) is 0 Å². The molecule has 104 valence electrons. The zero-order valence-corrected chi connectivity index (χ0v) is 12.2. The van der Waals surface area contributed by atoms with Gasteiger partial charge in [-0.15, -0.1) is 0 Å². The quantitative estimate of drug-likeness (QED) is 0.849. The van der Waals surface area contributed by atoms with Crippen LogP contribution < -0.4 is 5.32 Å². The third kappa shape index (κ3) is 3.62. The second kappa shape index (κ2) is 6.78. The lowest BCUT2D eigenvalue weighted by atomic mass is 9.84. The fourth-order valence-corrected chi connectivity index (χ4v) is 3.48. The highest BCUT2D eigenvalue weighted by atomic mass is 32.2. The molecule has 1 atom stereocenters. The van der Waals surface area contributed by atoms with Crippen LogP contribution in [0.15, 0.2) is 4.99 Å². The van der Waals surface area contributed by atoms with Gasteiger partial charge in [-0.1, -0.05) is 25.6 Å². The molecule has 2 aliphatic rings. The molecule has 0 saturated carbocycles. The molecule has 1 fully saturated rings. The van der Waals surface area contributed by atoms with Gasteiger partial charge in [-0.05, 0) is 18.3 Å². The number of hydrogen-bond donors (Lipinski definition) is 1. The fourth-order valence-electron chi connectivity index (χ4n) is 2.19. The molecule has 0 spiro atoms. The second-order valence-corrected chi connectivity index (χ2v) is 6.03. The van der Waals surface area contributed by atoms with Crippen LogP contribution in [0.4, 0.5) is 0 Å². The number of amidine groups is 1. The first kappa shape index (κ1) is 14.2. The van der Waals surface area contributed by atoms with Crippen LogP contribution in [0, 0.1) is 5.41 Å². The molecule has 0 aromatic heterocycles. The molecular weight excluding hydrogens is 248 g/mol. The van der Waals surface area contributed by atoms with Gasteiger partial charge in [0.25, 0.3) is 0 Å². The van der Waals surface area contributed by atoms with Crippen molar-refractivity contribution in [2.24, 2.45) is 10.4 Å². The summed E-state index contributed by atoms with van der Waals surface area (Å²) < 4.78 is 11.0. The molecular formula is C13H24N2O2S. The topological polar surface area (TPSA) is 42.9 Å². The van der Waals surface area contributed by atoms with Gasteiger partial charge >= 0.3 is 0 Å². The van der Waals surface area contributed by atoms with E-state index in [-0.39, 0.29) is 6.10 Å². The molecule has 0 aliphatic carbocycles. The SMILES string of the molecule is CCC1(CC)CN=C(NCC2COCCO2)SC1. The lowest BCUT2D eigenvalue weighted by molar-refractivity contribution is -0.0849. The van der Waals surface area contributed by atoms with Crippen molar-refractivity contribution in [1.82, 2.24) is 5.32 Å². The zero-order chi connectivity index (χ0) is 12.8. The van der Waals surface area contributed by atoms with Crippen LogP contribution in [0.5, 0.6) is 0 Å². The summed E-state index contributed by atoms with van der Waals surface area (Å²) in [6.07, 6.45) is 2.60. The summed E-state index contributed by atoms with van der Waals surface area (Å²) in [7, 11) is 0. The molecule has 2 heterocycles. The van der Waals surface area contributed by atoms with E-state index in [0.29, 0.717) is 18.6 Å². The van der Waals surface area contributed by atoms with Gasteiger partial charge in [0, 0.05) is 18.8 Å². The maximum absolute atomic E-state index is 5.60. The highest BCUT2D eigenvalue weighted by Gasteiger charge is 2.30. The van der Waals surface area contributed by atoms with Gasteiger partial charge in [0.15, 0.2) is 5.17 Å². The van der Waals surface area contributed by atoms with Gasteiger partial charge in [0.05, 0.1) is 25.9 Å². The summed E-state index contributed by atoms with van der Waals surface area (Å²) in [5.41, 5.74) is 0.417. The molecule has 1 saturated heterocycles. The van der Waals surface area contributed by atoms with E-state index in [1.54, 1.807) is 0 Å². The first-order valence-electron chi connectivity index (χ1n) is 6.88. The molecule has 0 amide bonds. The molecule has 2 rings (SSSR count). The molecule has 4 nitrogen and oxygen atoms in total. The van der Waals surface area contributed by atoms with Gasteiger partial charge in [-0.25, -0.2) is 0 Å². The number of ether oxygens (including phenoxy) is 2. The van der Waals surface area contributed by atoms with E-state index in [0.717, 1.165) is 24.9 Å². The van der Waals surface area contributed by atoms with E-state index in [1.165, 1.54) is 18.6 Å². The molecule has 18 heavy (non-hydrogen) atoms. The highest BCUT2D eigenvalue weighted by molar-refractivity contribution is 8.13. The Hall–Kier alpha value is -0.260. The van der Waals surface area contributed by atoms with Crippen molar-refractivity contribution >= 4 is 16.9 Å². The van der Waals surface area contributed by atoms with Crippen molar-refractivity contribution in [3.8, 4) is 0 Å². The predicted octanol–water partition coefficient (Wildman–Crippen LogP) is 1.90. The Morgan fingerprint density at radius 3 is 2.78 bits per heavy atom. The van der Waals surface area contributed by atoms with Crippen LogP contribution in [-0.4, -0.2) is 49.9 Å². The smallest absolute Gasteiger partial charge is 0.156 e. The average molecular weight is 272 g/mol. The van der Waals surface area contributed by atoms with Gasteiger partial charge < -0.3 is 14.8 Å². The molecule has 1 unspecified atom stereocenters. The minimum absolute atomic E-state index is 0.172. The summed E-state index contributed by atoms with van der Waals surface area (Å²) >= 11 is 1.85. The van der Waals surface area contributed by atoms with E-state index < -0.39 is 0 Å². The van der Waals surface area contributed by atoms with Crippen molar-refractivity contribution in [1.29, 1.82) is 0 Å². The number of rotatable bonds is 4. The molecule has 0 radical (unpaired) electrons. The lowest BCUT2D eigenvalue weighted by Gasteiger charge is -2.33. The van der Waals surface area contributed by atoms with Crippen molar-refractivity contribution < 1.29 is 9.47 Å². The molecule has 2 aliphatic heterocycles. The maximum atomic E-state index is 5.60. The minimum atomic E-state index is 0.172. The number of nitrogens with one attached hydrogen (secondary N) is 1. The van der Waals surface area contributed by atoms with E-state index in [2.05, 4.69) is 24.2 Å². The van der Waals surface area contributed by atoms with Crippen molar-refractivity contribution in [3.63, 3.8) is 0 Å². The standard InChI is InChI=1S/C13H24N2O2S/c1-3-13(4-2)9-15-12(18-10-13)14-7-11-8-16-5-6-17-11/h11H,3-10H2,1-2H3,(H,14,15). The number of thioether (sulfide) groups is 1. The number of nitrogens with zero attached hydrogens (tertiary/aromatic N) is 1. The van der Waals surface area contributed by atoms with Crippen LogP contribution in [0.3, 0.4) is 0 Å². The third-order valence-corrected chi connectivity index (χ3v) is 5.24. The predicted molar refractivity (Wildman–Crippen MR) is 76.3 cm³/mol. The Morgan fingerprint density at radius 2 is 2.22 bits per heavy atom. The molecule has 1 N–H and O–H groups in total. The molecule has 0 bridgehead atoms. The Labute approximate surface area is 114 Å². The maximum Gasteiger partial charge on any atom is 0.156 e. The first-order valence-corrected chi connectivity index (χ1v) is 7.87. The Morgan fingerprint density at radius 1 is 1.39 bits per heavy atom. The van der Waals surface area contributed by atoms with Crippen LogP contribution in [0.25, 0.3) is 0 Å². The van der Waals surface area contributed by atoms with Crippen LogP contribution in [-0.2, 0) is 9.47 Å². The van der Waals surface area contributed by atoms with Gasteiger partial charge in [-0.3, -0.25) is 4.99 Å². The number of hydrogen-bond acceptors (Lipinski definition) is 5. The van der Waals surface area contributed by atoms with E-state index in [4.69, 9.17) is 9.47 Å². The van der Waals surface area contributed by atoms with Crippen LogP contribution in [0.1, 0.15) is 26.7 Å². The van der Waals surface area contributed by atoms with Crippen LogP contribution >= 0.6 is 11.8 Å². The molecule has 5 heteroatoms. The summed E-state index contributed by atoms with van der Waals surface area (Å²) in [5, 5.41) is 4.46. The monoisotopic (exact) mass is 272 g/mol. The van der Waals surface area contributed by atoms with Crippen molar-refractivity contribution in [2.45, 2.75) is 32.8 Å². The minimum Gasteiger partial charge on any atom is -0.376 e. The third-order valence-electron chi connectivity index (χ3n) is 3.94. The van der Waals surface area contributed by atoms with E-state index in [9.17, 15) is 0 Å². The first-order chi connectivity index (χ1) is 8.78. The Kier molecular flexibility index (Phi) is 5.33. The van der Waals surface area contributed by atoms with Crippen molar-refractivity contribution in [3.05, 3.63) is 0 Å². The van der Waals surface area contributed by atoms with Gasteiger partial charge in [-0.2, -0.15) is 0 Å². The lowest BCUT2D eigenvalue weighted by Crippen LogP contribution is -2.41. The summed E-state index contributed by atoms with van der Waals surface area (Å²) in [6, 6.07) is 0. The van der Waals surface area contributed by atoms with E-state index >= 15 is 0 Å². The average Bonchev–Trinajstić information content (AvgIpc) is 2.47. The van der Waals surface area contributed by atoms with Gasteiger partial charge in [0.1, 0.15) is 0 Å². The fraction of sp³-hybridized carbons (Fsp3) is 0.923. The summed E-state index contributed by atoms with van der Waals surface area (Å²) in [6.45, 7) is 8.42. The summed E-state index contributed by atoms with van der Waals surface area (Å²) in [5.74, 6) is 1.17. The highest BCUT2D eigenvalue weighted by Crippen LogP contribution is 2.34. The number of aliphatic imine (C=N–C) groups is 1. The molecule has 0 aromatic carbocycles. The largest absolute Gasteiger partial charge is 0.376 e.